The van der Waals surface area contributed by atoms with E-state index in [2.05, 4.69) is 4.90 Å². The molecule has 1 aliphatic heterocycles. The van der Waals surface area contributed by atoms with Crippen molar-refractivity contribution in [3.8, 4) is 22.6 Å². The Labute approximate surface area is 211 Å². The van der Waals surface area contributed by atoms with Gasteiger partial charge >= 0.3 is 6.18 Å². The lowest BCUT2D eigenvalue weighted by Crippen LogP contribution is -2.46. The number of fused-ring (bicyclic) bond motifs is 1. The number of benzene rings is 3. The van der Waals surface area contributed by atoms with Crippen molar-refractivity contribution in [3.05, 3.63) is 88.3 Å². The molecule has 0 bridgehead atoms. The van der Waals surface area contributed by atoms with E-state index in [4.69, 9.17) is 9.15 Å². The Hall–Kier alpha value is -3.98. The predicted molar refractivity (Wildman–Crippen MR) is 135 cm³/mol. The zero-order valence-electron chi connectivity index (χ0n) is 20.1. The molecule has 3 aromatic carbocycles. The van der Waals surface area contributed by atoms with E-state index in [0.29, 0.717) is 26.2 Å². The summed E-state index contributed by atoms with van der Waals surface area (Å²) in [6, 6.07) is 18.6. The quantitative estimate of drug-likeness (QED) is 0.382. The van der Waals surface area contributed by atoms with Crippen LogP contribution in [0.4, 0.5) is 18.9 Å². The minimum Gasteiger partial charge on any atom is -0.507 e. The molecule has 0 unspecified atom stereocenters. The molecule has 1 aromatic heterocycles. The Morgan fingerprint density at radius 3 is 2.30 bits per heavy atom. The van der Waals surface area contributed by atoms with Gasteiger partial charge in [-0.05, 0) is 30.3 Å². The maximum absolute atomic E-state index is 14.2. The summed E-state index contributed by atoms with van der Waals surface area (Å²) in [5.41, 5.74) is -0.487. The average Bonchev–Trinajstić information content (AvgIpc) is 2.90. The third-order valence-corrected chi connectivity index (χ3v) is 6.65. The van der Waals surface area contributed by atoms with Crippen molar-refractivity contribution in [2.75, 3.05) is 38.2 Å². The zero-order chi connectivity index (χ0) is 26.2. The Morgan fingerprint density at radius 1 is 0.946 bits per heavy atom. The molecule has 0 spiro atoms. The average molecular weight is 511 g/mol. The second-order valence-electron chi connectivity index (χ2n) is 8.87. The van der Waals surface area contributed by atoms with E-state index in [-0.39, 0.29) is 40.1 Å². The number of piperazine rings is 1. The summed E-state index contributed by atoms with van der Waals surface area (Å²) in [4.78, 5) is 17.7. The number of halogens is 3. The van der Waals surface area contributed by atoms with Crippen LogP contribution in [0.3, 0.4) is 0 Å². The number of anilines is 1. The lowest BCUT2D eigenvalue weighted by atomic mass is 9.99. The zero-order valence-corrected chi connectivity index (χ0v) is 20.1. The van der Waals surface area contributed by atoms with Gasteiger partial charge in [0.1, 0.15) is 17.1 Å². The molecule has 0 radical (unpaired) electrons. The molecule has 37 heavy (non-hydrogen) atoms. The molecule has 2 heterocycles. The van der Waals surface area contributed by atoms with Gasteiger partial charge in [-0.2, -0.15) is 13.2 Å². The lowest BCUT2D eigenvalue weighted by molar-refractivity contribution is -0.152. The summed E-state index contributed by atoms with van der Waals surface area (Å²) in [5, 5.41) is 10.6. The Balaban J connectivity index is 1.56. The van der Waals surface area contributed by atoms with Crippen molar-refractivity contribution in [1.82, 2.24) is 4.90 Å². The molecule has 0 saturated carbocycles. The number of alkyl halides is 3. The van der Waals surface area contributed by atoms with Gasteiger partial charge < -0.3 is 19.2 Å². The van der Waals surface area contributed by atoms with Gasteiger partial charge in [0, 0.05) is 44.0 Å². The molecule has 1 saturated heterocycles. The highest BCUT2D eigenvalue weighted by molar-refractivity contribution is 5.88. The molecule has 1 fully saturated rings. The lowest BCUT2D eigenvalue weighted by Gasteiger charge is -2.36. The third kappa shape index (κ3) is 4.74. The Morgan fingerprint density at radius 2 is 1.62 bits per heavy atom. The predicted octanol–water partition coefficient (Wildman–Crippen LogP) is 5.52. The summed E-state index contributed by atoms with van der Waals surface area (Å²) >= 11 is 0. The minimum absolute atomic E-state index is 0.0142. The Bertz CT molecular complexity index is 1480. The first kappa shape index (κ1) is 24.7. The molecular weight excluding hydrogens is 485 g/mol. The maximum atomic E-state index is 14.2. The van der Waals surface area contributed by atoms with E-state index in [0.717, 1.165) is 5.69 Å². The van der Waals surface area contributed by atoms with Crippen LogP contribution in [0.2, 0.25) is 0 Å². The smallest absolute Gasteiger partial charge is 0.450 e. The maximum Gasteiger partial charge on any atom is 0.450 e. The van der Waals surface area contributed by atoms with Crippen LogP contribution in [0, 0.1) is 0 Å². The van der Waals surface area contributed by atoms with Crippen LogP contribution < -0.4 is 15.1 Å². The monoisotopic (exact) mass is 510 g/mol. The van der Waals surface area contributed by atoms with E-state index < -0.39 is 22.9 Å². The van der Waals surface area contributed by atoms with Crippen LogP contribution in [0.15, 0.2) is 75.9 Å². The fourth-order valence-corrected chi connectivity index (χ4v) is 4.78. The third-order valence-electron chi connectivity index (χ3n) is 6.65. The summed E-state index contributed by atoms with van der Waals surface area (Å²) in [6.07, 6.45) is -4.95. The number of hydrogen-bond acceptors (Lipinski definition) is 6. The fraction of sp³-hybridized carbons (Fsp3) is 0.250. The summed E-state index contributed by atoms with van der Waals surface area (Å²) in [7, 11) is 1.32. The van der Waals surface area contributed by atoms with Gasteiger partial charge in [-0.15, -0.1) is 0 Å². The molecule has 0 aliphatic carbocycles. The molecule has 5 rings (SSSR count). The second-order valence-corrected chi connectivity index (χ2v) is 8.87. The van der Waals surface area contributed by atoms with Crippen LogP contribution in [0.5, 0.6) is 11.5 Å². The highest BCUT2D eigenvalue weighted by Crippen LogP contribution is 2.41. The first-order chi connectivity index (χ1) is 17.8. The molecule has 4 aromatic rings. The normalized spacial score (nSPS) is 14.8. The number of hydrogen-bond donors (Lipinski definition) is 1. The molecule has 1 N–H and O–H groups in total. The number of aromatic hydroxyl groups is 1. The van der Waals surface area contributed by atoms with Crippen LogP contribution >= 0.6 is 0 Å². The summed E-state index contributed by atoms with van der Waals surface area (Å²) < 4.78 is 53.3. The molecule has 9 heteroatoms. The first-order valence-electron chi connectivity index (χ1n) is 11.8. The number of rotatable bonds is 5. The highest BCUT2D eigenvalue weighted by atomic mass is 19.4. The topological polar surface area (TPSA) is 66.2 Å². The van der Waals surface area contributed by atoms with Crippen LogP contribution in [0.25, 0.3) is 22.1 Å². The van der Waals surface area contributed by atoms with Gasteiger partial charge in [0.2, 0.25) is 11.2 Å². The molecule has 0 atom stereocenters. The van der Waals surface area contributed by atoms with E-state index in [9.17, 15) is 23.1 Å². The van der Waals surface area contributed by atoms with Crippen molar-refractivity contribution >= 4 is 16.7 Å². The van der Waals surface area contributed by atoms with E-state index >= 15 is 0 Å². The number of phenols is 1. The molecular formula is C28H25F3N2O4. The largest absolute Gasteiger partial charge is 0.507 e. The van der Waals surface area contributed by atoms with Gasteiger partial charge in [0.25, 0.3) is 0 Å². The van der Waals surface area contributed by atoms with Crippen molar-refractivity contribution in [2.24, 2.45) is 0 Å². The Kier molecular flexibility index (Phi) is 6.55. The number of phenolic OH excluding ortho intramolecular Hbond substituents is 1. The number of methoxy groups -OCH3 is 1. The van der Waals surface area contributed by atoms with Crippen LogP contribution in [0.1, 0.15) is 11.3 Å². The van der Waals surface area contributed by atoms with E-state index in [1.807, 2.05) is 35.2 Å². The van der Waals surface area contributed by atoms with Gasteiger partial charge in [0.15, 0.2) is 0 Å². The van der Waals surface area contributed by atoms with E-state index in [1.165, 1.54) is 37.4 Å². The van der Waals surface area contributed by atoms with Gasteiger partial charge in [-0.1, -0.05) is 36.4 Å². The van der Waals surface area contributed by atoms with Crippen molar-refractivity contribution < 1.29 is 27.4 Å². The van der Waals surface area contributed by atoms with Gasteiger partial charge in [0.05, 0.1) is 23.6 Å². The second kappa shape index (κ2) is 9.82. The molecule has 1 aliphatic rings. The fourth-order valence-electron chi connectivity index (χ4n) is 4.78. The van der Waals surface area contributed by atoms with Gasteiger partial charge in [-0.3, -0.25) is 9.69 Å². The van der Waals surface area contributed by atoms with Crippen molar-refractivity contribution in [2.45, 2.75) is 12.7 Å². The van der Waals surface area contributed by atoms with E-state index in [1.54, 1.807) is 6.07 Å². The van der Waals surface area contributed by atoms with Crippen molar-refractivity contribution in [3.63, 3.8) is 0 Å². The minimum atomic E-state index is -4.95. The standard InChI is InChI=1S/C28H25F3N2O4/c1-36-23-10-6-5-9-19(23)24-25(35)20-11-12-22(34)21(26(20)37-27(24)28(29,30)31)17-32-13-15-33(16-14-32)18-7-3-2-4-8-18/h2-12,34H,13-17H2,1H3. The number of ether oxygens (including phenoxy) is 1. The summed E-state index contributed by atoms with van der Waals surface area (Å²) in [6.45, 7) is 2.82. The highest BCUT2D eigenvalue weighted by Gasteiger charge is 2.40. The first-order valence-corrected chi connectivity index (χ1v) is 11.8. The van der Waals surface area contributed by atoms with Crippen molar-refractivity contribution in [1.29, 1.82) is 0 Å². The molecule has 0 amide bonds. The SMILES string of the molecule is COc1ccccc1-c1c(C(F)(F)F)oc2c(CN3CCN(c4ccccc4)CC3)c(O)ccc2c1=O. The van der Waals surface area contributed by atoms with Crippen LogP contribution in [-0.2, 0) is 12.7 Å². The van der Waals surface area contributed by atoms with Gasteiger partial charge in [-0.25, -0.2) is 0 Å². The summed E-state index contributed by atoms with van der Waals surface area (Å²) in [5.74, 6) is -1.52. The molecule has 6 nitrogen and oxygen atoms in total. The number of para-hydroxylation sites is 2. The van der Waals surface area contributed by atoms with Crippen LogP contribution in [-0.4, -0.2) is 43.3 Å². The number of nitrogens with zero attached hydrogens (tertiary/aromatic N) is 2. The molecule has 192 valence electrons.